The molecule has 0 unspecified atom stereocenters. The number of benzene rings is 1. The van der Waals surface area contributed by atoms with Crippen molar-refractivity contribution < 1.29 is 0 Å². The van der Waals surface area contributed by atoms with Gasteiger partial charge in [0.2, 0.25) is 0 Å². The fourth-order valence-corrected chi connectivity index (χ4v) is 2.80. The summed E-state index contributed by atoms with van der Waals surface area (Å²) in [6.45, 7) is 2.27. The van der Waals surface area contributed by atoms with Crippen LogP contribution < -0.4 is 5.32 Å². The summed E-state index contributed by atoms with van der Waals surface area (Å²) in [4.78, 5) is 0. The van der Waals surface area contributed by atoms with Gasteiger partial charge < -0.3 is 5.32 Å². The Labute approximate surface area is 105 Å². The van der Waals surface area contributed by atoms with E-state index >= 15 is 0 Å². The Morgan fingerprint density at radius 2 is 1.88 bits per heavy atom. The second kappa shape index (κ2) is 5.22. The van der Waals surface area contributed by atoms with Gasteiger partial charge in [-0.25, -0.2) is 0 Å². The molecule has 0 aliphatic heterocycles. The number of hydrogen-bond acceptors (Lipinski definition) is 1. The Kier molecular flexibility index (Phi) is 3.46. The van der Waals surface area contributed by atoms with Crippen LogP contribution in [-0.4, -0.2) is 6.54 Å². The molecule has 2 aliphatic rings. The minimum Gasteiger partial charge on any atom is -0.313 e. The second-order valence-electron chi connectivity index (χ2n) is 5.74. The molecule has 0 aromatic heterocycles. The van der Waals surface area contributed by atoms with Crippen molar-refractivity contribution in [2.75, 3.05) is 6.54 Å². The summed E-state index contributed by atoms with van der Waals surface area (Å²) < 4.78 is 0. The van der Waals surface area contributed by atoms with Crippen LogP contribution in [-0.2, 0) is 6.54 Å². The Bertz CT molecular complexity index is 364. The van der Waals surface area contributed by atoms with Crippen LogP contribution in [0.5, 0.6) is 0 Å². The highest BCUT2D eigenvalue weighted by Gasteiger charge is 2.25. The third kappa shape index (κ3) is 2.90. The summed E-state index contributed by atoms with van der Waals surface area (Å²) in [5.74, 6) is 1.90. The smallest absolute Gasteiger partial charge is 0.0208 e. The van der Waals surface area contributed by atoms with Crippen LogP contribution in [0.15, 0.2) is 24.3 Å². The summed E-state index contributed by atoms with van der Waals surface area (Å²) in [5.41, 5.74) is 3.13. The lowest BCUT2D eigenvalue weighted by Gasteiger charge is -2.25. The predicted molar refractivity (Wildman–Crippen MR) is 72.1 cm³/mol. The van der Waals surface area contributed by atoms with Gasteiger partial charge in [0.05, 0.1) is 0 Å². The highest BCUT2D eigenvalue weighted by Crippen LogP contribution is 2.41. The molecule has 2 aliphatic carbocycles. The molecule has 17 heavy (non-hydrogen) atoms. The van der Waals surface area contributed by atoms with Crippen molar-refractivity contribution in [1.82, 2.24) is 5.32 Å². The minimum atomic E-state index is 0.875. The molecule has 0 amide bonds. The maximum Gasteiger partial charge on any atom is 0.0208 e. The Morgan fingerprint density at radius 1 is 1.06 bits per heavy atom. The lowest BCUT2D eigenvalue weighted by atomic mass is 9.83. The monoisotopic (exact) mass is 229 g/mol. The fraction of sp³-hybridized carbons (Fsp3) is 0.625. The zero-order valence-corrected chi connectivity index (χ0v) is 10.6. The van der Waals surface area contributed by atoms with Crippen molar-refractivity contribution in [3.8, 4) is 0 Å². The van der Waals surface area contributed by atoms with Crippen LogP contribution in [0, 0.1) is 5.92 Å². The largest absolute Gasteiger partial charge is 0.313 e. The zero-order chi connectivity index (χ0) is 11.5. The fourth-order valence-electron chi connectivity index (χ4n) is 2.80. The van der Waals surface area contributed by atoms with Crippen LogP contribution >= 0.6 is 0 Å². The van der Waals surface area contributed by atoms with Crippen LogP contribution in [0.25, 0.3) is 0 Å². The molecule has 0 atom stereocenters. The van der Waals surface area contributed by atoms with E-state index in [0.717, 1.165) is 18.4 Å². The molecule has 1 aromatic rings. The maximum absolute atomic E-state index is 3.62. The normalized spacial score (nSPS) is 20.2. The Balaban J connectivity index is 1.46. The summed E-state index contributed by atoms with van der Waals surface area (Å²) in [6.07, 6.45) is 8.60. The standard InChI is InChI=1S/C16H23N/c1-2-7-16(14-8-9-14)15(6-1)12-17-11-10-13-4-3-5-13/h1-2,6-7,13-14,17H,3-5,8-12H2. The van der Waals surface area contributed by atoms with Crippen LogP contribution in [0.2, 0.25) is 0 Å². The van der Waals surface area contributed by atoms with Gasteiger partial charge in [0, 0.05) is 6.54 Å². The molecule has 0 spiro atoms. The first kappa shape index (κ1) is 11.3. The molecule has 3 rings (SSSR count). The van der Waals surface area contributed by atoms with Crippen LogP contribution in [0.4, 0.5) is 0 Å². The lowest BCUT2D eigenvalue weighted by molar-refractivity contribution is 0.292. The van der Waals surface area contributed by atoms with E-state index in [2.05, 4.69) is 29.6 Å². The molecule has 1 N–H and O–H groups in total. The Morgan fingerprint density at radius 3 is 2.59 bits per heavy atom. The highest BCUT2D eigenvalue weighted by atomic mass is 14.8. The van der Waals surface area contributed by atoms with E-state index in [1.807, 2.05) is 0 Å². The van der Waals surface area contributed by atoms with Gasteiger partial charge in [0.25, 0.3) is 0 Å². The molecule has 0 bridgehead atoms. The first-order valence-corrected chi connectivity index (χ1v) is 7.22. The van der Waals surface area contributed by atoms with Gasteiger partial charge in [-0.2, -0.15) is 0 Å². The van der Waals surface area contributed by atoms with Gasteiger partial charge in [-0.15, -0.1) is 0 Å². The predicted octanol–water partition coefficient (Wildman–Crippen LogP) is 3.84. The molecule has 0 heterocycles. The molecule has 0 saturated heterocycles. The molecule has 2 fully saturated rings. The molecule has 1 nitrogen and oxygen atoms in total. The summed E-state index contributed by atoms with van der Waals surface area (Å²) in [7, 11) is 0. The average Bonchev–Trinajstić information content (AvgIpc) is 3.11. The van der Waals surface area contributed by atoms with E-state index in [9.17, 15) is 0 Å². The summed E-state index contributed by atoms with van der Waals surface area (Å²) in [6, 6.07) is 8.98. The van der Waals surface area contributed by atoms with E-state index in [-0.39, 0.29) is 0 Å². The number of nitrogens with one attached hydrogen (secondary N) is 1. The first-order valence-electron chi connectivity index (χ1n) is 7.22. The number of hydrogen-bond donors (Lipinski definition) is 1. The summed E-state index contributed by atoms with van der Waals surface area (Å²) in [5, 5.41) is 3.62. The van der Waals surface area contributed by atoms with E-state index in [0.29, 0.717) is 0 Å². The Hall–Kier alpha value is -0.820. The average molecular weight is 229 g/mol. The SMILES string of the molecule is c1ccc(C2CC2)c(CNCCC2CCC2)c1. The molecule has 2 saturated carbocycles. The molecular weight excluding hydrogens is 206 g/mol. The van der Waals surface area contributed by atoms with Gasteiger partial charge in [-0.3, -0.25) is 0 Å². The van der Waals surface area contributed by atoms with Gasteiger partial charge >= 0.3 is 0 Å². The van der Waals surface area contributed by atoms with E-state index in [1.165, 1.54) is 50.6 Å². The molecule has 92 valence electrons. The van der Waals surface area contributed by atoms with Crippen LogP contribution in [0.1, 0.15) is 55.6 Å². The molecule has 1 aromatic carbocycles. The van der Waals surface area contributed by atoms with Crippen molar-refractivity contribution in [3.05, 3.63) is 35.4 Å². The van der Waals surface area contributed by atoms with Gasteiger partial charge in [0.15, 0.2) is 0 Å². The third-order valence-electron chi connectivity index (χ3n) is 4.34. The van der Waals surface area contributed by atoms with Gasteiger partial charge in [-0.1, -0.05) is 43.5 Å². The van der Waals surface area contributed by atoms with Gasteiger partial charge in [0.1, 0.15) is 0 Å². The van der Waals surface area contributed by atoms with E-state index < -0.39 is 0 Å². The lowest BCUT2D eigenvalue weighted by Crippen LogP contribution is -2.21. The maximum atomic E-state index is 3.62. The van der Waals surface area contributed by atoms with Crippen molar-refractivity contribution in [2.45, 2.75) is 51.0 Å². The third-order valence-corrected chi connectivity index (χ3v) is 4.34. The zero-order valence-electron chi connectivity index (χ0n) is 10.6. The van der Waals surface area contributed by atoms with E-state index in [1.54, 1.807) is 5.56 Å². The highest BCUT2D eigenvalue weighted by molar-refractivity contribution is 5.33. The van der Waals surface area contributed by atoms with Gasteiger partial charge in [-0.05, 0) is 48.8 Å². The minimum absolute atomic E-state index is 0.875. The molecule has 0 radical (unpaired) electrons. The molecular formula is C16H23N. The van der Waals surface area contributed by atoms with Crippen molar-refractivity contribution in [3.63, 3.8) is 0 Å². The second-order valence-corrected chi connectivity index (χ2v) is 5.74. The first-order chi connectivity index (χ1) is 8.43. The quantitative estimate of drug-likeness (QED) is 0.731. The van der Waals surface area contributed by atoms with Crippen molar-refractivity contribution in [2.24, 2.45) is 5.92 Å². The van der Waals surface area contributed by atoms with Crippen molar-refractivity contribution >= 4 is 0 Å². The number of rotatable bonds is 6. The molecule has 1 heteroatoms. The van der Waals surface area contributed by atoms with Crippen molar-refractivity contribution in [1.29, 1.82) is 0 Å². The van der Waals surface area contributed by atoms with E-state index in [4.69, 9.17) is 0 Å². The summed E-state index contributed by atoms with van der Waals surface area (Å²) >= 11 is 0. The van der Waals surface area contributed by atoms with Crippen LogP contribution in [0.3, 0.4) is 0 Å². The topological polar surface area (TPSA) is 12.0 Å².